The third-order valence-electron chi connectivity index (χ3n) is 3.60. The van der Waals surface area contributed by atoms with E-state index in [1.807, 2.05) is 28.1 Å². The summed E-state index contributed by atoms with van der Waals surface area (Å²) < 4.78 is 10.8. The standard InChI is InChI=1S/C21H34NO5.ClH/c1-8-10-11-12-18(21(25)26-15-9-2)14-13-16(3)20(24)27-19(17(4)23)22(5,6)7;/h8,10-11,14,17,19,23H,1,3,9,12-13,15H2,2,4-7H3;1H/q+1;/p-1. The van der Waals surface area contributed by atoms with Crippen molar-refractivity contribution in [1.29, 1.82) is 0 Å². The molecule has 0 heterocycles. The van der Waals surface area contributed by atoms with E-state index in [0.29, 0.717) is 18.6 Å². The molecule has 0 saturated heterocycles. The van der Waals surface area contributed by atoms with E-state index >= 15 is 0 Å². The van der Waals surface area contributed by atoms with Crippen molar-refractivity contribution in [2.75, 3.05) is 27.7 Å². The number of ether oxygens (including phenoxy) is 2. The van der Waals surface area contributed by atoms with Gasteiger partial charge in [0.15, 0.2) is 0 Å². The number of hydrogen-bond acceptors (Lipinski definition) is 5. The number of quaternary nitrogens is 1. The third kappa shape index (κ3) is 11.1. The Labute approximate surface area is 175 Å². The molecule has 0 aromatic heterocycles. The molecule has 0 rings (SSSR count). The zero-order valence-corrected chi connectivity index (χ0v) is 18.4. The number of aliphatic hydroxyl groups excluding tert-OH is 1. The summed E-state index contributed by atoms with van der Waals surface area (Å²) in [5.41, 5.74) is 0.636. The highest BCUT2D eigenvalue weighted by molar-refractivity contribution is 5.90. The highest BCUT2D eigenvalue weighted by atomic mass is 35.5. The second-order valence-corrected chi connectivity index (χ2v) is 7.19. The maximum absolute atomic E-state index is 12.3. The fourth-order valence-corrected chi connectivity index (χ4v) is 2.26. The van der Waals surface area contributed by atoms with Crippen molar-refractivity contribution >= 4 is 11.9 Å². The number of esters is 2. The second kappa shape index (κ2) is 14.2. The SMILES string of the molecule is C=CC=CCC(=CCC(=C)C(=O)OC(C(C)O)[N+](C)(C)C)C(=O)OCCC.[Cl-]. The molecule has 0 saturated carbocycles. The molecule has 2 atom stereocenters. The molecule has 0 aliphatic rings. The van der Waals surface area contributed by atoms with Gasteiger partial charge >= 0.3 is 11.9 Å². The molecule has 1 N–H and O–H groups in total. The molecule has 0 amide bonds. The Kier molecular flexibility index (Phi) is 14.3. The summed E-state index contributed by atoms with van der Waals surface area (Å²) in [6.07, 6.45) is 6.46. The van der Waals surface area contributed by atoms with Crippen molar-refractivity contribution in [3.05, 3.63) is 48.6 Å². The lowest BCUT2D eigenvalue weighted by molar-refractivity contribution is -0.920. The lowest BCUT2D eigenvalue weighted by Crippen LogP contribution is -3.00. The van der Waals surface area contributed by atoms with Crippen LogP contribution in [0.15, 0.2) is 48.6 Å². The summed E-state index contributed by atoms with van der Waals surface area (Å²) >= 11 is 0. The third-order valence-corrected chi connectivity index (χ3v) is 3.60. The van der Waals surface area contributed by atoms with Crippen LogP contribution in [0.25, 0.3) is 0 Å². The molecular weight excluding hydrogens is 382 g/mol. The van der Waals surface area contributed by atoms with Gasteiger partial charge in [0.25, 0.3) is 6.23 Å². The van der Waals surface area contributed by atoms with Gasteiger partial charge in [0, 0.05) is 11.1 Å². The molecular formula is C21H34ClNO5. The smallest absolute Gasteiger partial charge is 0.338 e. The van der Waals surface area contributed by atoms with Crippen LogP contribution in [0.4, 0.5) is 0 Å². The van der Waals surface area contributed by atoms with Gasteiger partial charge in [-0.2, -0.15) is 0 Å². The van der Waals surface area contributed by atoms with E-state index in [2.05, 4.69) is 13.2 Å². The first-order valence-corrected chi connectivity index (χ1v) is 9.06. The topological polar surface area (TPSA) is 72.8 Å². The number of allylic oxidation sites excluding steroid dienone is 4. The number of likely N-dealkylation sites (N-methyl/N-ethyl adjacent to an activating group) is 1. The molecule has 0 aromatic rings. The number of halogens is 1. The minimum Gasteiger partial charge on any atom is -1.00 e. The minimum atomic E-state index is -0.832. The maximum atomic E-state index is 12.3. The summed E-state index contributed by atoms with van der Waals surface area (Å²) in [6.45, 7) is 11.2. The van der Waals surface area contributed by atoms with Gasteiger partial charge < -0.3 is 27.0 Å². The molecule has 0 radical (unpaired) electrons. The van der Waals surface area contributed by atoms with E-state index in [9.17, 15) is 14.7 Å². The van der Waals surface area contributed by atoms with Crippen LogP contribution in [0.5, 0.6) is 0 Å². The number of rotatable bonds is 12. The predicted octanol–water partition coefficient (Wildman–Crippen LogP) is -0.0951. The summed E-state index contributed by atoms with van der Waals surface area (Å²) in [4.78, 5) is 24.4. The monoisotopic (exact) mass is 415 g/mol. The number of hydrogen-bond donors (Lipinski definition) is 1. The molecule has 0 fully saturated rings. The molecule has 2 unspecified atom stereocenters. The Morgan fingerprint density at radius 1 is 1.18 bits per heavy atom. The maximum Gasteiger partial charge on any atom is 0.338 e. The Hall–Kier alpha value is -1.89. The van der Waals surface area contributed by atoms with E-state index in [1.165, 1.54) is 0 Å². The highest BCUT2D eigenvalue weighted by Crippen LogP contribution is 2.15. The van der Waals surface area contributed by atoms with Gasteiger partial charge in [-0.3, -0.25) is 4.48 Å². The predicted molar refractivity (Wildman–Crippen MR) is 107 cm³/mol. The van der Waals surface area contributed by atoms with Crippen molar-refractivity contribution in [2.24, 2.45) is 0 Å². The average molecular weight is 416 g/mol. The Morgan fingerprint density at radius 2 is 1.79 bits per heavy atom. The average Bonchev–Trinajstić information content (AvgIpc) is 2.58. The first kappa shape index (κ1) is 28.3. The van der Waals surface area contributed by atoms with E-state index in [0.717, 1.165) is 6.42 Å². The number of carbonyl (C=O) groups excluding carboxylic acids is 2. The Morgan fingerprint density at radius 3 is 2.25 bits per heavy atom. The van der Waals surface area contributed by atoms with E-state index in [4.69, 9.17) is 9.47 Å². The van der Waals surface area contributed by atoms with Gasteiger partial charge in [-0.1, -0.05) is 44.4 Å². The zero-order valence-electron chi connectivity index (χ0n) is 17.6. The summed E-state index contributed by atoms with van der Waals surface area (Å²) in [5.74, 6) is -1.02. The Bertz CT molecular complexity index is 588. The highest BCUT2D eigenvalue weighted by Gasteiger charge is 2.33. The Balaban J connectivity index is 0. The molecule has 160 valence electrons. The van der Waals surface area contributed by atoms with Crippen molar-refractivity contribution in [2.45, 2.75) is 45.4 Å². The number of carbonyl (C=O) groups is 2. The van der Waals surface area contributed by atoms with Gasteiger partial charge in [-0.15, -0.1) is 0 Å². The van der Waals surface area contributed by atoms with Gasteiger partial charge in [0.2, 0.25) is 0 Å². The van der Waals surface area contributed by atoms with Crippen LogP contribution in [0.2, 0.25) is 0 Å². The van der Waals surface area contributed by atoms with Gasteiger partial charge in [0.1, 0.15) is 6.10 Å². The van der Waals surface area contributed by atoms with Crippen molar-refractivity contribution in [1.82, 2.24) is 0 Å². The van der Waals surface area contributed by atoms with Crippen LogP contribution in [-0.2, 0) is 19.1 Å². The lowest BCUT2D eigenvalue weighted by Gasteiger charge is -2.34. The summed E-state index contributed by atoms with van der Waals surface area (Å²) in [5, 5.41) is 9.86. The molecule has 0 bridgehead atoms. The van der Waals surface area contributed by atoms with Crippen molar-refractivity contribution < 1.29 is 41.1 Å². The molecule has 0 spiro atoms. The fourth-order valence-electron chi connectivity index (χ4n) is 2.26. The number of nitrogens with zero attached hydrogens (tertiary/aromatic N) is 1. The second-order valence-electron chi connectivity index (χ2n) is 7.19. The van der Waals surface area contributed by atoms with Gasteiger partial charge in [-0.25, -0.2) is 9.59 Å². The molecule has 7 heteroatoms. The molecule has 28 heavy (non-hydrogen) atoms. The van der Waals surface area contributed by atoms with Crippen LogP contribution in [0, 0.1) is 0 Å². The molecule has 0 aliphatic carbocycles. The van der Waals surface area contributed by atoms with E-state index in [-0.39, 0.29) is 28.9 Å². The summed E-state index contributed by atoms with van der Waals surface area (Å²) in [6, 6.07) is 0. The largest absolute Gasteiger partial charge is 1.00 e. The van der Waals surface area contributed by atoms with Gasteiger partial charge in [0.05, 0.1) is 27.7 Å². The van der Waals surface area contributed by atoms with Crippen LogP contribution < -0.4 is 12.4 Å². The van der Waals surface area contributed by atoms with Crippen LogP contribution >= 0.6 is 0 Å². The van der Waals surface area contributed by atoms with E-state index < -0.39 is 24.3 Å². The van der Waals surface area contributed by atoms with Crippen LogP contribution in [-0.4, -0.2) is 61.6 Å². The van der Waals surface area contributed by atoms with Crippen LogP contribution in [0.1, 0.15) is 33.1 Å². The fraction of sp³-hybridized carbons (Fsp3) is 0.524. The quantitative estimate of drug-likeness (QED) is 0.158. The lowest BCUT2D eigenvalue weighted by atomic mass is 10.1. The van der Waals surface area contributed by atoms with E-state index in [1.54, 1.807) is 31.2 Å². The first-order chi connectivity index (χ1) is 12.5. The number of aliphatic hydroxyl groups is 1. The van der Waals surface area contributed by atoms with Crippen LogP contribution in [0.3, 0.4) is 0 Å². The van der Waals surface area contributed by atoms with Gasteiger partial charge in [-0.05, 0) is 26.2 Å². The first-order valence-electron chi connectivity index (χ1n) is 9.06. The van der Waals surface area contributed by atoms with Crippen molar-refractivity contribution in [3.63, 3.8) is 0 Å². The molecule has 0 aliphatic heterocycles. The van der Waals surface area contributed by atoms with Crippen molar-refractivity contribution in [3.8, 4) is 0 Å². The summed E-state index contributed by atoms with van der Waals surface area (Å²) in [7, 11) is 5.46. The minimum absolute atomic E-state index is 0. The normalized spacial score (nSPS) is 14.0. The zero-order chi connectivity index (χ0) is 21.0. The molecule has 0 aromatic carbocycles. The molecule has 6 nitrogen and oxygen atoms in total.